The van der Waals surface area contributed by atoms with Crippen molar-refractivity contribution in [2.75, 3.05) is 13.1 Å². The van der Waals surface area contributed by atoms with E-state index >= 15 is 0 Å². The van der Waals surface area contributed by atoms with Gasteiger partial charge in [0, 0.05) is 12.5 Å². The van der Waals surface area contributed by atoms with E-state index in [4.69, 9.17) is 0 Å². The van der Waals surface area contributed by atoms with E-state index in [1.54, 1.807) is 0 Å². The van der Waals surface area contributed by atoms with E-state index in [9.17, 15) is 19.2 Å². The van der Waals surface area contributed by atoms with Gasteiger partial charge in [0.2, 0.25) is 0 Å². The summed E-state index contributed by atoms with van der Waals surface area (Å²) in [6, 6.07) is 12.1. The van der Waals surface area contributed by atoms with Gasteiger partial charge in [-0.3, -0.25) is 4.90 Å². The molecule has 6 heteroatoms. The number of piperidine rings is 1. The molecule has 1 saturated heterocycles. The minimum absolute atomic E-state index is 0.128. The minimum atomic E-state index is -1.22. The Balaban J connectivity index is 1.78. The Morgan fingerprint density at radius 1 is 1.08 bits per heavy atom. The van der Waals surface area contributed by atoms with Crippen LogP contribution in [0.1, 0.15) is 23.5 Å². The second kappa shape index (κ2) is 7.36. The summed E-state index contributed by atoms with van der Waals surface area (Å²) in [6.07, 6.45) is 0.450. The van der Waals surface area contributed by atoms with Crippen molar-refractivity contribution in [3.05, 3.63) is 81.7 Å². The van der Waals surface area contributed by atoms with Gasteiger partial charge in [0.15, 0.2) is 0 Å². The van der Waals surface area contributed by atoms with Crippen molar-refractivity contribution in [3.8, 4) is 0 Å². The zero-order valence-corrected chi connectivity index (χ0v) is 13.1. The first-order valence-electron chi connectivity index (χ1n) is 7.96. The fourth-order valence-corrected chi connectivity index (χ4v) is 3.41. The average molecular weight is 333 g/mol. The summed E-state index contributed by atoms with van der Waals surface area (Å²) in [5, 5.41) is 21.9. The zero-order chi connectivity index (χ0) is 17.1. The van der Waals surface area contributed by atoms with Crippen LogP contribution in [-0.2, 0) is 6.54 Å². The number of hydrogen-bond donors (Lipinski definition) is 1. The molecule has 0 saturated carbocycles. The van der Waals surface area contributed by atoms with Gasteiger partial charge < -0.3 is 15.6 Å². The van der Waals surface area contributed by atoms with E-state index in [0.717, 1.165) is 23.8 Å². The molecule has 1 fully saturated rings. The molecular weight excluding hydrogens is 314 g/mol. The Labute approximate surface area is 139 Å². The second-order valence-corrected chi connectivity index (χ2v) is 6.21. The van der Waals surface area contributed by atoms with Crippen LogP contribution in [0.3, 0.4) is 0 Å². The van der Waals surface area contributed by atoms with Crippen LogP contribution in [0.15, 0.2) is 48.5 Å². The first-order valence-corrected chi connectivity index (χ1v) is 7.96. The molecule has 1 heterocycles. The molecule has 4 nitrogen and oxygen atoms in total. The van der Waals surface area contributed by atoms with E-state index in [0.29, 0.717) is 19.5 Å². The molecule has 0 bridgehead atoms. The third kappa shape index (κ3) is 3.79. The summed E-state index contributed by atoms with van der Waals surface area (Å²) in [5.41, 5.74) is 1.22. The lowest BCUT2D eigenvalue weighted by molar-refractivity contribution is -0.825. The van der Waals surface area contributed by atoms with Crippen molar-refractivity contribution in [3.63, 3.8) is 0 Å². The van der Waals surface area contributed by atoms with Crippen molar-refractivity contribution in [1.82, 2.24) is 4.90 Å². The molecule has 0 spiro atoms. The Morgan fingerprint density at radius 3 is 2.54 bits per heavy atom. The Hall–Kier alpha value is -1.86. The number of rotatable bonds is 4. The highest BCUT2D eigenvalue weighted by Gasteiger charge is 2.34. The quantitative estimate of drug-likeness (QED) is 0.873. The second-order valence-electron chi connectivity index (χ2n) is 6.21. The Bertz CT molecular complexity index is 682. The maximum Gasteiger partial charge on any atom is 0.127 e. The molecular formula is C18H19F2N2O2-. The van der Waals surface area contributed by atoms with Gasteiger partial charge >= 0.3 is 0 Å². The van der Waals surface area contributed by atoms with Crippen LogP contribution in [0.25, 0.3) is 0 Å². The lowest BCUT2D eigenvalue weighted by Gasteiger charge is -2.45. The first-order chi connectivity index (χ1) is 11.5. The molecule has 3 rings (SSSR count). The molecule has 128 valence electrons. The van der Waals surface area contributed by atoms with Gasteiger partial charge in [0.05, 0.1) is 6.54 Å². The highest BCUT2D eigenvalue weighted by Crippen LogP contribution is 2.30. The molecule has 2 atom stereocenters. The molecule has 0 aliphatic carbocycles. The highest BCUT2D eigenvalue weighted by atomic mass is 19.1. The predicted octanol–water partition coefficient (Wildman–Crippen LogP) is 2.20. The molecule has 0 aromatic heterocycles. The number of nitrogens with zero attached hydrogens (tertiary/aromatic N) is 1. The monoisotopic (exact) mass is 333 g/mol. The Morgan fingerprint density at radius 2 is 1.83 bits per heavy atom. The topological polar surface area (TPSA) is 53.8 Å². The standard InChI is InChI=1S/C18H19F2N2O2/c19-14-6-7-17(20)16(10-14)15-8-9-21(12-18(15)22(23)24)11-13-4-2-1-3-5-13/h1-7,10,15,18,22H,8-9,11-12H2/q-1/t15-,18+/m1/s1. The third-order valence-electron chi connectivity index (χ3n) is 4.61. The van der Waals surface area contributed by atoms with Gasteiger partial charge in [0.25, 0.3) is 0 Å². The minimum Gasteiger partial charge on any atom is -0.633 e. The van der Waals surface area contributed by atoms with Gasteiger partial charge in [-0.2, -0.15) is 0 Å². The molecule has 24 heavy (non-hydrogen) atoms. The number of benzene rings is 2. The largest absolute Gasteiger partial charge is 0.633 e. The van der Waals surface area contributed by atoms with E-state index in [1.807, 2.05) is 35.2 Å². The first kappa shape index (κ1) is 17.0. The van der Waals surface area contributed by atoms with E-state index in [-0.39, 0.29) is 12.1 Å². The smallest absolute Gasteiger partial charge is 0.127 e. The Kier molecular flexibility index (Phi) is 5.20. The number of quaternary nitrogens is 1. The van der Waals surface area contributed by atoms with Gasteiger partial charge in [-0.15, -0.1) is 0 Å². The van der Waals surface area contributed by atoms with Crippen LogP contribution in [0.4, 0.5) is 8.78 Å². The van der Waals surface area contributed by atoms with Crippen molar-refractivity contribution < 1.29 is 14.0 Å². The van der Waals surface area contributed by atoms with Gasteiger partial charge in [0.1, 0.15) is 17.7 Å². The number of hydrogen-bond acceptors (Lipinski definition) is 3. The number of nitrogens with one attached hydrogen (secondary N) is 1. The summed E-state index contributed by atoms with van der Waals surface area (Å²) in [6.45, 7) is 1.51. The fourth-order valence-electron chi connectivity index (χ4n) is 3.41. The molecule has 2 aromatic carbocycles. The van der Waals surface area contributed by atoms with Crippen molar-refractivity contribution in [1.29, 1.82) is 0 Å². The SMILES string of the molecule is [O-][NH+]([O-])[C@H]1CN(Cc2ccccc2)CC[C@@H]1c1cc(F)ccc1F. The normalized spacial score (nSPS) is 22.0. The summed E-state index contributed by atoms with van der Waals surface area (Å²) in [7, 11) is 0. The molecule has 0 radical (unpaired) electrons. The van der Waals surface area contributed by atoms with Crippen LogP contribution in [-0.4, -0.2) is 24.0 Å². The summed E-state index contributed by atoms with van der Waals surface area (Å²) in [5.74, 6) is -1.70. The van der Waals surface area contributed by atoms with Gasteiger partial charge in [-0.1, -0.05) is 30.3 Å². The van der Waals surface area contributed by atoms with E-state index < -0.39 is 28.8 Å². The lowest BCUT2D eigenvalue weighted by Crippen LogP contribution is -3.08. The van der Waals surface area contributed by atoms with E-state index in [2.05, 4.69) is 0 Å². The predicted molar refractivity (Wildman–Crippen MR) is 86.9 cm³/mol. The zero-order valence-electron chi connectivity index (χ0n) is 13.1. The van der Waals surface area contributed by atoms with Crippen LogP contribution in [0.2, 0.25) is 0 Å². The molecule has 0 amide bonds. The van der Waals surface area contributed by atoms with Crippen molar-refractivity contribution >= 4 is 0 Å². The van der Waals surface area contributed by atoms with Crippen molar-refractivity contribution in [2.45, 2.75) is 24.9 Å². The summed E-state index contributed by atoms with van der Waals surface area (Å²) < 4.78 is 27.5. The highest BCUT2D eigenvalue weighted by molar-refractivity contribution is 5.25. The molecule has 1 aliphatic heterocycles. The van der Waals surface area contributed by atoms with Crippen LogP contribution >= 0.6 is 0 Å². The number of hydroxylamine groups is 2. The maximum atomic E-state index is 14.0. The molecule has 2 aromatic rings. The van der Waals surface area contributed by atoms with Gasteiger partial charge in [-0.25, -0.2) is 8.78 Å². The molecule has 1 N–H and O–H groups in total. The van der Waals surface area contributed by atoms with Gasteiger partial charge in [-0.05, 0) is 42.3 Å². The fraction of sp³-hybridized carbons (Fsp3) is 0.333. The average Bonchev–Trinajstić information content (AvgIpc) is 2.58. The van der Waals surface area contributed by atoms with Crippen LogP contribution in [0, 0.1) is 22.0 Å². The summed E-state index contributed by atoms with van der Waals surface area (Å²) in [4.78, 5) is 2.02. The molecule has 1 aliphatic rings. The van der Waals surface area contributed by atoms with Crippen molar-refractivity contribution in [2.24, 2.45) is 0 Å². The summed E-state index contributed by atoms with van der Waals surface area (Å²) >= 11 is 0. The number of halogens is 2. The maximum absolute atomic E-state index is 14.0. The third-order valence-corrected chi connectivity index (χ3v) is 4.61. The molecule has 0 unspecified atom stereocenters. The number of likely N-dealkylation sites (tertiary alicyclic amines) is 1. The lowest BCUT2D eigenvalue weighted by atomic mass is 9.85. The van der Waals surface area contributed by atoms with E-state index in [1.165, 1.54) is 0 Å². The van der Waals surface area contributed by atoms with Crippen LogP contribution in [0.5, 0.6) is 0 Å². The van der Waals surface area contributed by atoms with Crippen LogP contribution < -0.4 is 5.23 Å².